The minimum Gasteiger partial charge on any atom is -0.494 e. The van der Waals surface area contributed by atoms with E-state index >= 15 is 0 Å². The van der Waals surface area contributed by atoms with Gasteiger partial charge in [0.2, 0.25) is 5.89 Å². The van der Waals surface area contributed by atoms with Crippen LogP contribution in [0.25, 0.3) is 11.3 Å². The molecule has 0 fully saturated rings. The third-order valence-electron chi connectivity index (χ3n) is 2.53. The van der Waals surface area contributed by atoms with Crippen LogP contribution in [0.4, 0.5) is 0 Å². The number of nitrogens with one attached hydrogen (secondary N) is 1. The van der Waals surface area contributed by atoms with Crippen molar-refractivity contribution in [1.82, 2.24) is 10.3 Å². The van der Waals surface area contributed by atoms with E-state index in [4.69, 9.17) is 9.15 Å². The average Bonchev–Trinajstić information content (AvgIpc) is 2.86. The van der Waals surface area contributed by atoms with E-state index in [2.05, 4.69) is 17.2 Å². The quantitative estimate of drug-likeness (QED) is 0.851. The van der Waals surface area contributed by atoms with Gasteiger partial charge in [-0.2, -0.15) is 0 Å². The van der Waals surface area contributed by atoms with Crippen LogP contribution < -0.4 is 10.1 Å². The van der Waals surface area contributed by atoms with Crippen LogP contribution in [0, 0.1) is 0 Å². The first-order valence-corrected chi connectivity index (χ1v) is 6.22. The molecule has 0 saturated heterocycles. The third kappa shape index (κ3) is 3.11. The summed E-state index contributed by atoms with van der Waals surface area (Å²) >= 11 is 0. The molecule has 1 N–H and O–H groups in total. The molecule has 0 aliphatic carbocycles. The minimum absolute atomic E-state index is 0.660. The fraction of sp³-hybridized carbons (Fsp3) is 0.357. The van der Waals surface area contributed by atoms with Gasteiger partial charge in [0.05, 0.1) is 19.3 Å². The zero-order valence-electron chi connectivity index (χ0n) is 10.8. The first-order chi connectivity index (χ1) is 8.83. The predicted octanol–water partition coefficient (Wildman–Crippen LogP) is 2.85. The van der Waals surface area contributed by atoms with Crippen molar-refractivity contribution >= 4 is 0 Å². The molecule has 0 bridgehead atoms. The molecule has 96 valence electrons. The van der Waals surface area contributed by atoms with Crippen LogP contribution in [-0.2, 0) is 6.54 Å². The summed E-state index contributed by atoms with van der Waals surface area (Å²) in [6.07, 6.45) is 1.75. The highest BCUT2D eigenvalue weighted by molar-refractivity contribution is 5.57. The van der Waals surface area contributed by atoms with Gasteiger partial charge in [-0.1, -0.05) is 6.92 Å². The van der Waals surface area contributed by atoms with Gasteiger partial charge in [-0.3, -0.25) is 0 Å². The largest absolute Gasteiger partial charge is 0.494 e. The fourth-order valence-electron chi connectivity index (χ4n) is 1.64. The number of hydrogen-bond donors (Lipinski definition) is 1. The second kappa shape index (κ2) is 6.21. The van der Waals surface area contributed by atoms with Crippen LogP contribution in [0.1, 0.15) is 19.7 Å². The van der Waals surface area contributed by atoms with Gasteiger partial charge in [0, 0.05) is 5.56 Å². The highest BCUT2D eigenvalue weighted by Crippen LogP contribution is 2.23. The Labute approximate surface area is 107 Å². The molecule has 18 heavy (non-hydrogen) atoms. The van der Waals surface area contributed by atoms with E-state index in [0.29, 0.717) is 19.0 Å². The summed E-state index contributed by atoms with van der Waals surface area (Å²) in [5.74, 6) is 2.36. The van der Waals surface area contributed by atoms with Crippen molar-refractivity contribution in [1.29, 1.82) is 0 Å². The summed E-state index contributed by atoms with van der Waals surface area (Å²) in [5.41, 5.74) is 1.01. The van der Waals surface area contributed by atoms with Crippen LogP contribution in [0.2, 0.25) is 0 Å². The molecule has 4 heteroatoms. The molecule has 0 aliphatic heterocycles. The standard InChI is InChI=1S/C14H18N2O2/c1-3-15-10-14-16-9-13(18-14)11-5-7-12(8-6-11)17-4-2/h5-9,15H,3-4,10H2,1-2H3. The molecular weight excluding hydrogens is 228 g/mol. The number of aromatic nitrogens is 1. The fourth-order valence-corrected chi connectivity index (χ4v) is 1.64. The third-order valence-corrected chi connectivity index (χ3v) is 2.53. The van der Waals surface area contributed by atoms with Gasteiger partial charge in [-0.25, -0.2) is 4.98 Å². The van der Waals surface area contributed by atoms with Gasteiger partial charge in [0.25, 0.3) is 0 Å². The monoisotopic (exact) mass is 246 g/mol. The lowest BCUT2D eigenvalue weighted by Gasteiger charge is -2.02. The summed E-state index contributed by atoms with van der Waals surface area (Å²) in [5, 5.41) is 3.18. The minimum atomic E-state index is 0.660. The Bertz CT molecular complexity index is 477. The maximum absolute atomic E-state index is 5.66. The van der Waals surface area contributed by atoms with Gasteiger partial charge >= 0.3 is 0 Å². The van der Waals surface area contributed by atoms with Crippen LogP contribution >= 0.6 is 0 Å². The van der Waals surface area contributed by atoms with Crippen molar-refractivity contribution in [3.63, 3.8) is 0 Å². The van der Waals surface area contributed by atoms with Crippen LogP contribution in [0.3, 0.4) is 0 Å². The Morgan fingerprint density at radius 2 is 2.00 bits per heavy atom. The second-order valence-corrected chi connectivity index (χ2v) is 3.86. The van der Waals surface area contributed by atoms with Gasteiger partial charge in [0.1, 0.15) is 5.75 Å². The summed E-state index contributed by atoms with van der Waals surface area (Å²) < 4.78 is 11.1. The van der Waals surface area contributed by atoms with Crippen LogP contribution in [0.15, 0.2) is 34.9 Å². The van der Waals surface area contributed by atoms with E-state index in [1.165, 1.54) is 0 Å². The number of hydrogen-bond acceptors (Lipinski definition) is 4. The Balaban J connectivity index is 2.08. The van der Waals surface area contributed by atoms with Gasteiger partial charge in [-0.15, -0.1) is 0 Å². The maximum Gasteiger partial charge on any atom is 0.208 e. The maximum atomic E-state index is 5.66. The molecule has 1 aromatic heterocycles. The van der Waals surface area contributed by atoms with Gasteiger partial charge in [-0.05, 0) is 37.7 Å². The SMILES string of the molecule is CCNCc1ncc(-c2ccc(OCC)cc2)o1. The molecule has 0 radical (unpaired) electrons. The van der Waals surface area contributed by atoms with Crippen LogP contribution in [0.5, 0.6) is 5.75 Å². The van der Waals surface area contributed by atoms with E-state index < -0.39 is 0 Å². The van der Waals surface area contributed by atoms with Crippen molar-refractivity contribution < 1.29 is 9.15 Å². The number of rotatable bonds is 6. The first kappa shape index (κ1) is 12.6. The van der Waals surface area contributed by atoms with Crippen molar-refractivity contribution in [2.45, 2.75) is 20.4 Å². The van der Waals surface area contributed by atoms with Crippen LogP contribution in [-0.4, -0.2) is 18.1 Å². The lowest BCUT2D eigenvalue weighted by atomic mass is 10.2. The molecule has 2 aromatic rings. The number of benzene rings is 1. The highest BCUT2D eigenvalue weighted by Gasteiger charge is 2.05. The highest BCUT2D eigenvalue weighted by atomic mass is 16.5. The van der Waals surface area contributed by atoms with Gasteiger partial charge in [0.15, 0.2) is 5.76 Å². The molecule has 0 spiro atoms. The summed E-state index contributed by atoms with van der Waals surface area (Å²) in [6, 6.07) is 7.82. The van der Waals surface area contributed by atoms with E-state index in [9.17, 15) is 0 Å². The first-order valence-electron chi connectivity index (χ1n) is 6.22. The molecule has 0 saturated carbocycles. The molecule has 1 aromatic carbocycles. The lowest BCUT2D eigenvalue weighted by molar-refractivity contribution is 0.340. The number of ether oxygens (including phenoxy) is 1. The molecule has 0 aliphatic rings. The topological polar surface area (TPSA) is 47.3 Å². The second-order valence-electron chi connectivity index (χ2n) is 3.86. The van der Waals surface area contributed by atoms with E-state index in [1.54, 1.807) is 6.20 Å². The summed E-state index contributed by atoms with van der Waals surface area (Å²) in [7, 11) is 0. The van der Waals surface area contributed by atoms with E-state index in [1.807, 2.05) is 31.2 Å². The molecule has 1 heterocycles. The molecule has 2 rings (SSSR count). The Kier molecular flexibility index (Phi) is 4.36. The molecule has 0 unspecified atom stereocenters. The normalized spacial score (nSPS) is 10.6. The molecule has 0 amide bonds. The van der Waals surface area contributed by atoms with Crippen molar-refractivity contribution in [3.8, 4) is 17.1 Å². The predicted molar refractivity (Wildman–Crippen MR) is 70.5 cm³/mol. The molecule has 4 nitrogen and oxygen atoms in total. The summed E-state index contributed by atoms with van der Waals surface area (Å²) in [6.45, 7) is 6.26. The van der Waals surface area contributed by atoms with Gasteiger partial charge < -0.3 is 14.5 Å². The zero-order chi connectivity index (χ0) is 12.8. The van der Waals surface area contributed by atoms with Crippen molar-refractivity contribution in [2.75, 3.05) is 13.2 Å². The lowest BCUT2D eigenvalue weighted by Crippen LogP contribution is -2.11. The smallest absolute Gasteiger partial charge is 0.208 e. The van der Waals surface area contributed by atoms with E-state index in [-0.39, 0.29) is 0 Å². The van der Waals surface area contributed by atoms with Crippen molar-refractivity contribution in [2.24, 2.45) is 0 Å². The van der Waals surface area contributed by atoms with E-state index in [0.717, 1.165) is 23.6 Å². The Hall–Kier alpha value is -1.81. The number of nitrogens with zero attached hydrogens (tertiary/aromatic N) is 1. The Morgan fingerprint density at radius 1 is 1.22 bits per heavy atom. The zero-order valence-corrected chi connectivity index (χ0v) is 10.8. The molecular formula is C14H18N2O2. The average molecular weight is 246 g/mol. The Morgan fingerprint density at radius 3 is 2.67 bits per heavy atom. The number of oxazole rings is 1. The summed E-state index contributed by atoms with van der Waals surface area (Å²) in [4.78, 5) is 4.23. The van der Waals surface area contributed by atoms with Crippen molar-refractivity contribution in [3.05, 3.63) is 36.4 Å². The molecule has 0 atom stereocenters.